The Morgan fingerprint density at radius 3 is 2.59 bits per heavy atom. The molecular weight excluding hydrogens is 226 g/mol. The van der Waals surface area contributed by atoms with Gasteiger partial charge in [0.25, 0.3) is 0 Å². The van der Waals surface area contributed by atoms with Crippen molar-refractivity contribution in [2.75, 3.05) is 18.6 Å². The largest absolute Gasteiger partial charge is 0.497 e. The molecule has 1 aliphatic rings. The maximum atomic E-state index is 11.5. The molecule has 6 nitrogen and oxygen atoms in total. The maximum Gasteiger partial charge on any atom is 0.415 e. The average molecular weight is 237 g/mol. The number of benzene rings is 1. The lowest BCUT2D eigenvalue weighted by Crippen LogP contribution is -2.27. The second kappa shape index (κ2) is 4.32. The molecule has 1 atom stereocenters. The molecule has 0 bridgehead atoms. The highest BCUT2D eigenvalue weighted by Crippen LogP contribution is 2.24. The minimum absolute atomic E-state index is 0.0144. The molecule has 1 aliphatic heterocycles. The van der Waals surface area contributed by atoms with E-state index in [0.29, 0.717) is 11.4 Å². The number of amides is 1. The Labute approximate surface area is 97.4 Å². The third-order valence-corrected chi connectivity index (χ3v) is 2.47. The lowest BCUT2D eigenvalue weighted by atomic mass is 10.2. The summed E-state index contributed by atoms with van der Waals surface area (Å²) < 4.78 is 9.69. The molecule has 17 heavy (non-hydrogen) atoms. The first-order valence-corrected chi connectivity index (χ1v) is 4.97. The van der Waals surface area contributed by atoms with Crippen LogP contribution in [-0.2, 0) is 9.53 Å². The molecule has 1 saturated heterocycles. The topological polar surface area (TPSA) is 76.1 Å². The molecule has 1 aromatic carbocycles. The molecule has 0 spiro atoms. The van der Waals surface area contributed by atoms with Gasteiger partial charge in [0.15, 0.2) is 0 Å². The molecule has 1 N–H and O–H groups in total. The molecule has 0 aromatic heterocycles. The molecule has 0 aliphatic carbocycles. The van der Waals surface area contributed by atoms with Gasteiger partial charge >= 0.3 is 12.1 Å². The van der Waals surface area contributed by atoms with Crippen molar-refractivity contribution in [1.82, 2.24) is 0 Å². The van der Waals surface area contributed by atoms with E-state index in [0.717, 1.165) is 0 Å². The molecule has 0 saturated carbocycles. The number of carboxylic acids is 1. The third-order valence-electron chi connectivity index (χ3n) is 2.47. The average Bonchev–Trinajstić information content (AvgIpc) is 2.72. The van der Waals surface area contributed by atoms with E-state index in [9.17, 15) is 9.59 Å². The molecule has 90 valence electrons. The number of nitrogens with zero attached hydrogens (tertiary/aromatic N) is 1. The fourth-order valence-electron chi connectivity index (χ4n) is 1.56. The Balaban J connectivity index is 2.17. The van der Waals surface area contributed by atoms with Crippen molar-refractivity contribution in [3.05, 3.63) is 24.3 Å². The van der Waals surface area contributed by atoms with E-state index in [2.05, 4.69) is 0 Å². The van der Waals surface area contributed by atoms with Crippen molar-refractivity contribution in [3.63, 3.8) is 0 Å². The fourth-order valence-corrected chi connectivity index (χ4v) is 1.56. The Morgan fingerprint density at radius 2 is 2.12 bits per heavy atom. The summed E-state index contributed by atoms with van der Waals surface area (Å²) in [4.78, 5) is 23.4. The quantitative estimate of drug-likeness (QED) is 0.852. The lowest BCUT2D eigenvalue weighted by Gasteiger charge is -2.12. The van der Waals surface area contributed by atoms with Crippen LogP contribution in [-0.4, -0.2) is 36.9 Å². The minimum atomic E-state index is -1.14. The molecule has 0 radical (unpaired) electrons. The SMILES string of the molecule is COc1ccc(N2C[C@H](C(=O)O)OC2=O)cc1. The maximum absolute atomic E-state index is 11.5. The zero-order valence-corrected chi connectivity index (χ0v) is 9.12. The highest BCUT2D eigenvalue weighted by atomic mass is 16.6. The Bertz CT molecular complexity index is 442. The lowest BCUT2D eigenvalue weighted by molar-refractivity contribution is -0.144. The normalized spacial score (nSPS) is 19.0. The van der Waals surface area contributed by atoms with Crippen LogP contribution in [0.1, 0.15) is 0 Å². The number of anilines is 1. The molecule has 1 aromatic rings. The first-order chi connectivity index (χ1) is 8.11. The number of hydrogen-bond donors (Lipinski definition) is 1. The highest BCUT2D eigenvalue weighted by Gasteiger charge is 2.36. The van der Waals surface area contributed by atoms with E-state index in [-0.39, 0.29) is 6.54 Å². The Hall–Kier alpha value is -2.24. The van der Waals surface area contributed by atoms with Gasteiger partial charge in [-0.05, 0) is 24.3 Å². The van der Waals surface area contributed by atoms with Crippen LogP contribution in [0, 0.1) is 0 Å². The van der Waals surface area contributed by atoms with Crippen LogP contribution < -0.4 is 9.64 Å². The van der Waals surface area contributed by atoms with Gasteiger partial charge in [0.2, 0.25) is 6.10 Å². The first-order valence-electron chi connectivity index (χ1n) is 4.97. The van der Waals surface area contributed by atoms with Crippen molar-refractivity contribution >= 4 is 17.7 Å². The molecule has 1 heterocycles. The summed E-state index contributed by atoms with van der Waals surface area (Å²) in [5.41, 5.74) is 0.583. The van der Waals surface area contributed by atoms with Crippen molar-refractivity contribution in [1.29, 1.82) is 0 Å². The number of ether oxygens (including phenoxy) is 2. The van der Waals surface area contributed by atoms with E-state index < -0.39 is 18.2 Å². The van der Waals surface area contributed by atoms with Gasteiger partial charge in [0, 0.05) is 5.69 Å². The predicted molar refractivity (Wildman–Crippen MR) is 58.2 cm³/mol. The minimum Gasteiger partial charge on any atom is -0.497 e. The first kappa shape index (κ1) is 11.3. The number of carbonyl (C=O) groups excluding carboxylic acids is 1. The van der Waals surface area contributed by atoms with Gasteiger partial charge in [-0.2, -0.15) is 0 Å². The van der Waals surface area contributed by atoms with Crippen molar-refractivity contribution < 1.29 is 24.2 Å². The molecule has 0 unspecified atom stereocenters. The van der Waals surface area contributed by atoms with Crippen LogP contribution >= 0.6 is 0 Å². The summed E-state index contributed by atoms with van der Waals surface area (Å²) in [6.07, 6.45) is -1.76. The molecule has 1 fully saturated rings. The second-order valence-corrected chi connectivity index (χ2v) is 3.52. The second-order valence-electron chi connectivity index (χ2n) is 3.52. The molecular formula is C11H11NO5. The predicted octanol–water partition coefficient (Wildman–Crippen LogP) is 1.10. The number of cyclic esters (lactones) is 1. The van der Waals surface area contributed by atoms with E-state index in [1.807, 2.05) is 0 Å². The van der Waals surface area contributed by atoms with E-state index in [4.69, 9.17) is 14.6 Å². The van der Waals surface area contributed by atoms with Gasteiger partial charge < -0.3 is 14.6 Å². The van der Waals surface area contributed by atoms with Crippen LogP contribution in [0.3, 0.4) is 0 Å². The van der Waals surface area contributed by atoms with E-state index in [1.165, 1.54) is 4.90 Å². The molecule has 1 amide bonds. The van der Waals surface area contributed by atoms with Crippen LogP contribution in [0.2, 0.25) is 0 Å². The van der Waals surface area contributed by atoms with Crippen LogP contribution in [0.5, 0.6) is 5.75 Å². The van der Waals surface area contributed by atoms with Crippen LogP contribution in [0.15, 0.2) is 24.3 Å². The fraction of sp³-hybridized carbons (Fsp3) is 0.273. The number of methoxy groups -OCH3 is 1. The van der Waals surface area contributed by atoms with Crippen LogP contribution in [0.25, 0.3) is 0 Å². The van der Waals surface area contributed by atoms with Crippen molar-refractivity contribution in [2.24, 2.45) is 0 Å². The summed E-state index contributed by atoms with van der Waals surface area (Å²) in [6.45, 7) is 0.0144. The van der Waals surface area contributed by atoms with Gasteiger partial charge in [-0.15, -0.1) is 0 Å². The van der Waals surface area contributed by atoms with Gasteiger partial charge in [-0.1, -0.05) is 0 Å². The van der Waals surface area contributed by atoms with Crippen molar-refractivity contribution in [3.8, 4) is 5.75 Å². The molecule has 6 heteroatoms. The summed E-state index contributed by atoms with van der Waals surface area (Å²) in [6, 6.07) is 6.72. The summed E-state index contributed by atoms with van der Waals surface area (Å²) >= 11 is 0. The number of rotatable bonds is 3. The monoisotopic (exact) mass is 237 g/mol. The van der Waals surface area contributed by atoms with Gasteiger partial charge in [0.1, 0.15) is 5.75 Å². The van der Waals surface area contributed by atoms with Crippen LogP contribution in [0.4, 0.5) is 10.5 Å². The summed E-state index contributed by atoms with van der Waals surface area (Å²) in [7, 11) is 1.54. The zero-order valence-electron chi connectivity index (χ0n) is 9.12. The number of carbonyl (C=O) groups is 2. The smallest absolute Gasteiger partial charge is 0.415 e. The number of aliphatic carboxylic acids is 1. The van der Waals surface area contributed by atoms with Gasteiger partial charge in [-0.3, -0.25) is 4.90 Å². The van der Waals surface area contributed by atoms with Gasteiger partial charge in [-0.25, -0.2) is 9.59 Å². The third kappa shape index (κ3) is 2.15. The Kier molecular flexibility index (Phi) is 2.86. The van der Waals surface area contributed by atoms with E-state index >= 15 is 0 Å². The molecule has 2 rings (SSSR count). The zero-order chi connectivity index (χ0) is 12.4. The Morgan fingerprint density at radius 1 is 1.47 bits per heavy atom. The van der Waals surface area contributed by atoms with Crippen molar-refractivity contribution in [2.45, 2.75) is 6.10 Å². The number of hydrogen-bond acceptors (Lipinski definition) is 4. The van der Waals surface area contributed by atoms with Gasteiger partial charge in [0.05, 0.1) is 13.7 Å². The van der Waals surface area contributed by atoms with E-state index in [1.54, 1.807) is 31.4 Å². The highest BCUT2D eigenvalue weighted by molar-refractivity contribution is 5.93. The summed E-state index contributed by atoms with van der Waals surface area (Å²) in [5.74, 6) is -0.481. The number of carboxylic acid groups (broad SMARTS) is 1. The summed E-state index contributed by atoms with van der Waals surface area (Å²) in [5, 5.41) is 8.75. The standard InChI is InChI=1S/C11H11NO5/c1-16-8-4-2-7(3-5-8)12-6-9(10(13)14)17-11(12)15/h2-5,9H,6H2,1H3,(H,13,14)/t9-/m1/s1.